The van der Waals surface area contributed by atoms with Gasteiger partial charge in [-0.05, 0) is 24.1 Å². The van der Waals surface area contributed by atoms with Crippen molar-refractivity contribution in [1.82, 2.24) is 4.90 Å². The van der Waals surface area contributed by atoms with Gasteiger partial charge in [0.2, 0.25) is 0 Å². The molecule has 2 atom stereocenters. The number of piperidine rings is 1. The van der Waals surface area contributed by atoms with Crippen LogP contribution >= 0.6 is 0 Å². The number of carbonyl (C=O) groups is 1. The highest BCUT2D eigenvalue weighted by Gasteiger charge is 2.32. The number of aliphatic hydroxyl groups is 1. The van der Waals surface area contributed by atoms with E-state index in [1.807, 2.05) is 4.90 Å². The molecule has 1 saturated heterocycles. The number of hydrogen-bond donors (Lipinski definition) is 2. The number of methoxy groups -OCH3 is 1. The first-order valence-electron chi connectivity index (χ1n) is 6.47. The van der Waals surface area contributed by atoms with Crippen LogP contribution in [0.4, 0.5) is 4.39 Å². The third kappa shape index (κ3) is 3.26. The average molecular weight is 283 g/mol. The van der Waals surface area contributed by atoms with E-state index in [1.165, 1.54) is 13.2 Å². The molecule has 0 radical (unpaired) electrons. The van der Waals surface area contributed by atoms with E-state index < -0.39 is 23.8 Å². The van der Waals surface area contributed by atoms with Crippen LogP contribution in [0, 0.1) is 11.7 Å². The molecule has 0 bridgehead atoms. The summed E-state index contributed by atoms with van der Waals surface area (Å²) in [6, 6.07) is 4.69. The van der Waals surface area contributed by atoms with Gasteiger partial charge in [0.15, 0.2) is 11.6 Å². The first kappa shape index (κ1) is 14.7. The Kier molecular flexibility index (Phi) is 4.57. The van der Waals surface area contributed by atoms with Gasteiger partial charge in [0, 0.05) is 19.6 Å². The largest absolute Gasteiger partial charge is 0.494 e. The monoisotopic (exact) mass is 283 g/mol. The zero-order valence-electron chi connectivity index (χ0n) is 11.3. The topological polar surface area (TPSA) is 70.0 Å². The van der Waals surface area contributed by atoms with Crippen molar-refractivity contribution in [1.29, 1.82) is 0 Å². The van der Waals surface area contributed by atoms with Crippen molar-refractivity contribution in [2.75, 3.05) is 20.2 Å². The molecule has 1 aliphatic heterocycles. The number of benzene rings is 1. The Morgan fingerprint density at radius 2 is 2.30 bits per heavy atom. The van der Waals surface area contributed by atoms with Gasteiger partial charge in [0.25, 0.3) is 0 Å². The summed E-state index contributed by atoms with van der Waals surface area (Å²) in [7, 11) is 1.40. The van der Waals surface area contributed by atoms with Crippen molar-refractivity contribution in [2.45, 2.75) is 19.1 Å². The molecule has 1 fully saturated rings. The lowest BCUT2D eigenvalue weighted by molar-refractivity contribution is -0.149. The number of carboxylic acid groups (broad SMARTS) is 1. The molecule has 110 valence electrons. The highest BCUT2D eigenvalue weighted by molar-refractivity contribution is 5.71. The standard InChI is InChI=1S/C14H18FNO4/c1-20-13-3-2-9(6-11(13)15)7-16-5-4-12(17)10(8-16)14(18)19/h2-3,6,10,12,17H,4-5,7-8H2,1H3,(H,18,19)/t10-,12-/m1/s1. The lowest BCUT2D eigenvalue weighted by Gasteiger charge is -2.34. The minimum atomic E-state index is -0.997. The summed E-state index contributed by atoms with van der Waals surface area (Å²) < 4.78 is 18.4. The van der Waals surface area contributed by atoms with Gasteiger partial charge in [-0.15, -0.1) is 0 Å². The SMILES string of the molecule is COc1ccc(CN2CC[C@@H](O)[C@H](C(=O)O)C2)cc1F. The van der Waals surface area contributed by atoms with E-state index in [1.54, 1.807) is 12.1 Å². The Morgan fingerprint density at radius 3 is 2.90 bits per heavy atom. The van der Waals surface area contributed by atoms with Crippen LogP contribution in [0.5, 0.6) is 5.75 Å². The highest BCUT2D eigenvalue weighted by Crippen LogP contribution is 2.22. The molecule has 1 aliphatic rings. The Labute approximate surface area is 116 Å². The van der Waals surface area contributed by atoms with E-state index in [0.29, 0.717) is 19.5 Å². The predicted molar refractivity (Wildman–Crippen MR) is 70.0 cm³/mol. The van der Waals surface area contributed by atoms with Crippen LogP contribution in [0.2, 0.25) is 0 Å². The average Bonchev–Trinajstić information content (AvgIpc) is 2.41. The molecule has 1 aromatic rings. The Bertz CT molecular complexity index is 494. The van der Waals surface area contributed by atoms with Gasteiger partial charge in [-0.1, -0.05) is 6.07 Å². The number of aliphatic carboxylic acids is 1. The summed E-state index contributed by atoms with van der Waals surface area (Å²) >= 11 is 0. The van der Waals surface area contributed by atoms with E-state index in [9.17, 15) is 14.3 Å². The number of rotatable bonds is 4. The van der Waals surface area contributed by atoms with Crippen LogP contribution in [0.3, 0.4) is 0 Å². The fourth-order valence-corrected chi connectivity index (χ4v) is 2.46. The lowest BCUT2D eigenvalue weighted by Crippen LogP contribution is -2.46. The quantitative estimate of drug-likeness (QED) is 0.866. The molecule has 20 heavy (non-hydrogen) atoms. The van der Waals surface area contributed by atoms with Crippen LogP contribution in [-0.2, 0) is 11.3 Å². The van der Waals surface area contributed by atoms with E-state index in [-0.39, 0.29) is 12.3 Å². The number of nitrogens with zero attached hydrogens (tertiary/aromatic N) is 1. The molecule has 0 amide bonds. The Hall–Kier alpha value is -1.66. The maximum Gasteiger partial charge on any atom is 0.310 e. The van der Waals surface area contributed by atoms with Crippen molar-refractivity contribution < 1.29 is 24.1 Å². The number of halogens is 1. The zero-order chi connectivity index (χ0) is 14.7. The maximum absolute atomic E-state index is 13.6. The molecule has 0 aromatic heterocycles. The number of hydrogen-bond acceptors (Lipinski definition) is 4. The normalized spacial score (nSPS) is 23.6. The Balaban J connectivity index is 2.03. The van der Waals surface area contributed by atoms with Crippen molar-refractivity contribution >= 4 is 5.97 Å². The maximum atomic E-state index is 13.6. The van der Waals surface area contributed by atoms with Gasteiger partial charge in [-0.25, -0.2) is 4.39 Å². The molecule has 0 unspecified atom stereocenters. The summed E-state index contributed by atoms with van der Waals surface area (Å²) in [5, 5.41) is 18.7. The van der Waals surface area contributed by atoms with Gasteiger partial charge in [-0.3, -0.25) is 9.69 Å². The van der Waals surface area contributed by atoms with Crippen molar-refractivity contribution in [3.8, 4) is 5.75 Å². The fraction of sp³-hybridized carbons (Fsp3) is 0.500. The van der Waals surface area contributed by atoms with Crippen LogP contribution in [0.25, 0.3) is 0 Å². The number of aliphatic hydroxyl groups excluding tert-OH is 1. The molecular formula is C14H18FNO4. The van der Waals surface area contributed by atoms with Crippen LogP contribution < -0.4 is 4.74 Å². The van der Waals surface area contributed by atoms with Gasteiger partial charge in [-0.2, -0.15) is 0 Å². The second-order valence-electron chi connectivity index (χ2n) is 5.00. The second-order valence-corrected chi connectivity index (χ2v) is 5.00. The lowest BCUT2D eigenvalue weighted by atomic mass is 9.94. The van der Waals surface area contributed by atoms with Crippen LogP contribution in [-0.4, -0.2) is 47.4 Å². The van der Waals surface area contributed by atoms with E-state index in [2.05, 4.69) is 0 Å². The van der Waals surface area contributed by atoms with E-state index in [4.69, 9.17) is 9.84 Å². The molecule has 1 heterocycles. The molecule has 0 aliphatic carbocycles. The number of likely N-dealkylation sites (tertiary alicyclic amines) is 1. The van der Waals surface area contributed by atoms with Crippen molar-refractivity contribution in [2.24, 2.45) is 5.92 Å². The molecule has 6 heteroatoms. The Morgan fingerprint density at radius 1 is 1.55 bits per heavy atom. The smallest absolute Gasteiger partial charge is 0.310 e. The minimum absolute atomic E-state index is 0.186. The second kappa shape index (κ2) is 6.19. The van der Waals surface area contributed by atoms with Gasteiger partial charge in [0.05, 0.1) is 19.1 Å². The van der Waals surface area contributed by atoms with E-state index >= 15 is 0 Å². The van der Waals surface area contributed by atoms with E-state index in [0.717, 1.165) is 5.56 Å². The van der Waals surface area contributed by atoms with Crippen molar-refractivity contribution in [3.63, 3.8) is 0 Å². The summed E-state index contributed by atoms with van der Waals surface area (Å²) in [5.41, 5.74) is 0.754. The van der Waals surface area contributed by atoms with Gasteiger partial charge < -0.3 is 14.9 Å². The molecule has 0 saturated carbocycles. The summed E-state index contributed by atoms with van der Waals surface area (Å²) in [5.74, 6) is -2.03. The van der Waals surface area contributed by atoms with Crippen LogP contribution in [0.1, 0.15) is 12.0 Å². The molecule has 2 N–H and O–H groups in total. The van der Waals surface area contributed by atoms with Gasteiger partial charge in [0.1, 0.15) is 0 Å². The summed E-state index contributed by atoms with van der Waals surface area (Å²) in [6.07, 6.45) is -0.397. The number of ether oxygens (including phenoxy) is 1. The summed E-state index contributed by atoms with van der Waals surface area (Å²) in [4.78, 5) is 12.9. The summed E-state index contributed by atoms with van der Waals surface area (Å²) in [6.45, 7) is 1.32. The number of carboxylic acids is 1. The van der Waals surface area contributed by atoms with Crippen LogP contribution in [0.15, 0.2) is 18.2 Å². The zero-order valence-corrected chi connectivity index (χ0v) is 11.3. The van der Waals surface area contributed by atoms with Crippen molar-refractivity contribution in [3.05, 3.63) is 29.6 Å². The molecule has 2 rings (SSSR count). The third-order valence-corrected chi connectivity index (χ3v) is 3.60. The first-order valence-corrected chi connectivity index (χ1v) is 6.47. The predicted octanol–water partition coefficient (Wildman–Crippen LogP) is 1.10. The molecule has 5 nitrogen and oxygen atoms in total. The molecule has 1 aromatic carbocycles. The third-order valence-electron chi connectivity index (χ3n) is 3.60. The molecule has 0 spiro atoms. The molecular weight excluding hydrogens is 265 g/mol. The first-order chi connectivity index (χ1) is 9.51. The fourth-order valence-electron chi connectivity index (χ4n) is 2.46. The minimum Gasteiger partial charge on any atom is -0.494 e. The van der Waals surface area contributed by atoms with Gasteiger partial charge >= 0.3 is 5.97 Å². The highest BCUT2D eigenvalue weighted by atomic mass is 19.1.